The van der Waals surface area contributed by atoms with E-state index in [1.54, 1.807) is 0 Å². The molecule has 0 saturated carbocycles. The molecule has 1 saturated heterocycles. The Bertz CT molecular complexity index is 427. The van der Waals surface area contributed by atoms with Crippen LogP contribution in [-0.4, -0.2) is 25.3 Å². The van der Waals surface area contributed by atoms with Gasteiger partial charge in [0.15, 0.2) is 0 Å². The summed E-state index contributed by atoms with van der Waals surface area (Å²) in [6.45, 7) is 6.11. The molecule has 0 amide bonds. The SMILES string of the molecule is CCNC(Cc1ccc(F)c(Br)c1)C1OCCC1C. The average molecular weight is 330 g/mol. The lowest BCUT2D eigenvalue weighted by Gasteiger charge is -2.27. The molecule has 1 aliphatic heterocycles. The second-order valence-corrected chi connectivity index (χ2v) is 6.07. The van der Waals surface area contributed by atoms with Gasteiger partial charge in [0.05, 0.1) is 10.6 Å². The maximum atomic E-state index is 13.3. The molecule has 1 heterocycles. The molecular weight excluding hydrogens is 309 g/mol. The topological polar surface area (TPSA) is 21.3 Å². The molecule has 2 nitrogen and oxygen atoms in total. The molecule has 1 fully saturated rings. The van der Waals surface area contributed by atoms with E-state index in [-0.39, 0.29) is 11.9 Å². The minimum atomic E-state index is -0.214. The van der Waals surface area contributed by atoms with Gasteiger partial charge in [0.25, 0.3) is 0 Å². The Morgan fingerprint density at radius 1 is 1.53 bits per heavy atom. The Morgan fingerprint density at radius 2 is 2.32 bits per heavy atom. The zero-order chi connectivity index (χ0) is 13.8. The van der Waals surface area contributed by atoms with Crippen molar-refractivity contribution in [3.63, 3.8) is 0 Å². The number of halogens is 2. The molecule has 1 aromatic carbocycles. The Morgan fingerprint density at radius 3 is 2.89 bits per heavy atom. The zero-order valence-corrected chi connectivity index (χ0v) is 13.0. The first kappa shape index (κ1) is 14.9. The van der Waals surface area contributed by atoms with Gasteiger partial charge in [0.1, 0.15) is 5.82 Å². The van der Waals surface area contributed by atoms with Crippen molar-refractivity contribution in [1.29, 1.82) is 0 Å². The molecule has 0 spiro atoms. The van der Waals surface area contributed by atoms with Crippen LogP contribution in [0, 0.1) is 11.7 Å². The molecule has 4 heteroatoms. The molecule has 106 valence electrons. The smallest absolute Gasteiger partial charge is 0.137 e. The molecule has 1 N–H and O–H groups in total. The number of likely N-dealkylation sites (N-methyl/N-ethyl adjacent to an activating group) is 1. The van der Waals surface area contributed by atoms with Gasteiger partial charge in [-0.15, -0.1) is 0 Å². The third-order valence-corrected chi connectivity index (χ3v) is 4.35. The van der Waals surface area contributed by atoms with Crippen LogP contribution >= 0.6 is 15.9 Å². The van der Waals surface area contributed by atoms with Crippen molar-refractivity contribution >= 4 is 15.9 Å². The van der Waals surface area contributed by atoms with Crippen molar-refractivity contribution in [2.75, 3.05) is 13.2 Å². The van der Waals surface area contributed by atoms with E-state index in [2.05, 4.69) is 35.1 Å². The molecule has 3 atom stereocenters. The van der Waals surface area contributed by atoms with Gasteiger partial charge in [-0.05, 0) is 58.9 Å². The molecule has 0 bridgehead atoms. The van der Waals surface area contributed by atoms with E-state index in [9.17, 15) is 4.39 Å². The fourth-order valence-electron chi connectivity index (χ4n) is 2.72. The highest BCUT2D eigenvalue weighted by atomic mass is 79.9. The largest absolute Gasteiger partial charge is 0.376 e. The van der Waals surface area contributed by atoms with Crippen LogP contribution < -0.4 is 5.32 Å². The number of nitrogens with one attached hydrogen (secondary N) is 1. The van der Waals surface area contributed by atoms with Gasteiger partial charge in [-0.1, -0.05) is 19.9 Å². The van der Waals surface area contributed by atoms with E-state index in [1.165, 1.54) is 6.07 Å². The number of hydrogen-bond acceptors (Lipinski definition) is 2. The fraction of sp³-hybridized carbons (Fsp3) is 0.600. The molecule has 3 unspecified atom stereocenters. The van der Waals surface area contributed by atoms with Crippen molar-refractivity contribution in [1.82, 2.24) is 5.32 Å². The number of benzene rings is 1. The van der Waals surface area contributed by atoms with Crippen LogP contribution in [0.4, 0.5) is 4.39 Å². The summed E-state index contributed by atoms with van der Waals surface area (Å²) in [5.74, 6) is 0.363. The second kappa shape index (κ2) is 6.82. The monoisotopic (exact) mass is 329 g/mol. The van der Waals surface area contributed by atoms with Crippen LogP contribution in [0.5, 0.6) is 0 Å². The minimum absolute atomic E-state index is 0.214. The predicted octanol–water partition coefficient (Wildman–Crippen LogP) is 3.53. The third kappa shape index (κ3) is 3.77. The van der Waals surface area contributed by atoms with Crippen LogP contribution in [0.2, 0.25) is 0 Å². The van der Waals surface area contributed by atoms with Gasteiger partial charge in [-0.25, -0.2) is 4.39 Å². The van der Waals surface area contributed by atoms with E-state index in [1.807, 2.05) is 12.1 Å². The van der Waals surface area contributed by atoms with Crippen LogP contribution in [-0.2, 0) is 11.2 Å². The van der Waals surface area contributed by atoms with Crippen molar-refractivity contribution < 1.29 is 9.13 Å². The standard InChI is InChI=1S/C15H21BrFNO/c1-3-18-14(15-10(2)6-7-19-15)9-11-4-5-13(17)12(16)8-11/h4-5,8,10,14-15,18H,3,6-7,9H2,1-2H3. The average Bonchev–Trinajstić information content (AvgIpc) is 2.79. The van der Waals surface area contributed by atoms with Crippen molar-refractivity contribution in [3.05, 3.63) is 34.1 Å². The lowest BCUT2D eigenvalue weighted by molar-refractivity contribution is 0.0615. The highest BCUT2D eigenvalue weighted by molar-refractivity contribution is 9.10. The molecular formula is C15H21BrFNO. The van der Waals surface area contributed by atoms with Crippen molar-refractivity contribution in [2.24, 2.45) is 5.92 Å². The summed E-state index contributed by atoms with van der Waals surface area (Å²) < 4.78 is 19.6. The Labute approximate surface area is 122 Å². The summed E-state index contributed by atoms with van der Waals surface area (Å²) >= 11 is 3.24. The summed E-state index contributed by atoms with van der Waals surface area (Å²) in [4.78, 5) is 0. The van der Waals surface area contributed by atoms with E-state index < -0.39 is 0 Å². The maximum Gasteiger partial charge on any atom is 0.137 e. The normalized spacial score (nSPS) is 24.6. The molecule has 0 aromatic heterocycles. The Kier molecular flexibility index (Phi) is 5.37. The number of rotatable bonds is 5. The molecule has 0 radical (unpaired) electrons. The number of hydrogen-bond donors (Lipinski definition) is 1. The molecule has 0 aliphatic carbocycles. The predicted molar refractivity (Wildman–Crippen MR) is 78.8 cm³/mol. The van der Waals surface area contributed by atoms with E-state index in [4.69, 9.17) is 4.74 Å². The van der Waals surface area contributed by atoms with E-state index in [0.717, 1.165) is 31.6 Å². The minimum Gasteiger partial charge on any atom is -0.376 e. The van der Waals surface area contributed by atoms with Crippen LogP contribution in [0.25, 0.3) is 0 Å². The number of ether oxygens (including phenoxy) is 1. The molecule has 19 heavy (non-hydrogen) atoms. The van der Waals surface area contributed by atoms with Crippen LogP contribution in [0.3, 0.4) is 0 Å². The Hall–Kier alpha value is -0.450. The lowest BCUT2D eigenvalue weighted by Crippen LogP contribution is -2.43. The molecule has 1 aliphatic rings. The highest BCUT2D eigenvalue weighted by Gasteiger charge is 2.31. The van der Waals surface area contributed by atoms with E-state index >= 15 is 0 Å². The Balaban J connectivity index is 2.09. The third-order valence-electron chi connectivity index (χ3n) is 3.75. The maximum absolute atomic E-state index is 13.3. The van der Waals surface area contributed by atoms with Gasteiger partial charge in [0.2, 0.25) is 0 Å². The second-order valence-electron chi connectivity index (χ2n) is 5.22. The van der Waals surface area contributed by atoms with Gasteiger partial charge >= 0.3 is 0 Å². The quantitative estimate of drug-likeness (QED) is 0.892. The summed E-state index contributed by atoms with van der Waals surface area (Å²) in [6, 6.07) is 5.52. The summed E-state index contributed by atoms with van der Waals surface area (Å²) in [5, 5.41) is 3.50. The van der Waals surface area contributed by atoms with Crippen LogP contribution in [0.1, 0.15) is 25.8 Å². The first-order valence-electron chi connectivity index (χ1n) is 6.90. The zero-order valence-electron chi connectivity index (χ0n) is 11.5. The van der Waals surface area contributed by atoms with Crippen molar-refractivity contribution in [2.45, 2.75) is 38.8 Å². The first-order valence-corrected chi connectivity index (χ1v) is 7.70. The highest BCUT2D eigenvalue weighted by Crippen LogP contribution is 2.26. The lowest BCUT2D eigenvalue weighted by atomic mass is 9.93. The van der Waals surface area contributed by atoms with Crippen LogP contribution in [0.15, 0.2) is 22.7 Å². The molecule has 2 rings (SSSR count). The van der Waals surface area contributed by atoms with Gasteiger partial charge in [0, 0.05) is 12.6 Å². The van der Waals surface area contributed by atoms with Gasteiger partial charge in [-0.3, -0.25) is 0 Å². The summed E-state index contributed by atoms with van der Waals surface area (Å²) in [7, 11) is 0. The van der Waals surface area contributed by atoms with Gasteiger partial charge in [-0.2, -0.15) is 0 Å². The van der Waals surface area contributed by atoms with Gasteiger partial charge < -0.3 is 10.1 Å². The summed E-state index contributed by atoms with van der Waals surface area (Å²) in [5.41, 5.74) is 1.13. The fourth-order valence-corrected chi connectivity index (χ4v) is 3.14. The van der Waals surface area contributed by atoms with Crippen molar-refractivity contribution in [3.8, 4) is 0 Å². The molecule has 1 aromatic rings. The summed E-state index contributed by atoms with van der Waals surface area (Å²) in [6.07, 6.45) is 2.24. The van der Waals surface area contributed by atoms with E-state index in [0.29, 0.717) is 16.4 Å². The first-order chi connectivity index (χ1) is 9.11.